The van der Waals surface area contributed by atoms with Crippen molar-refractivity contribution in [2.75, 3.05) is 12.1 Å². The van der Waals surface area contributed by atoms with E-state index in [0.717, 1.165) is 0 Å². The molecular formula is C13H11ClN3O3+. The first kappa shape index (κ1) is 13.9. The van der Waals surface area contributed by atoms with Crippen molar-refractivity contribution in [3.05, 3.63) is 62.7 Å². The Labute approximate surface area is 119 Å². The fourth-order valence-electron chi connectivity index (χ4n) is 1.64. The highest BCUT2D eigenvalue weighted by atomic mass is 35.5. The summed E-state index contributed by atoms with van der Waals surface area (Å²) in [4.78, 5) is 11.6. The summed E-state index contributed by atoms with van der Waals surface area (Å²) in [5, 5.41) is 13.9. The Morgan fingerprint density at radius 2 is 2.20 bits per heavy atom. The van der Waals surface area contributed by atoms with Crippen molar-refractivity contribution in [1.82, 2.24) is 0 Å². The normalized spacial score (nSPS) is 9.85. The lowest BCUT2D eigenvalue weighted by Gasteiger charge is -2.06. The highest BCUT2D eigenvalue weighted by molar-refractivity contribution is 6.33. The molecule has 2 aromatic rings. The molecule has 0 aliphatic carbocycles. The number of hydrogen-bond donors (Lipinski definition) is 0. The number of rotatable bonds is 4. The molecule has 1 aromatic heterocycles. The Morgan fingerprint density at radius 3 is 2.80 bits per heavy atom. The molecule has 0 aliphatic rings. The first-order chi connectivity index (χ1) is 9.65. The average Bonchev–Trinajstić information content (AvgIpc) is 2.46. The van der Waals surface area contributed by atoms with Crippen molar-refractivity contribution in [1.29, 1.82) is 5.39 Å². The number of para-hydroxylation sites is 1. The van der Waals surface area contributed by atoms with Gasteiger partial charge in [0.25, 0.3) is 5.39 Å². The fourth-order valence-corrected chi connectivity index (χ4v) is 1.88. The predicted octanol–water partition coefficient (Wildman–Crippen LogP) is 3.08. The van der Waals surface area contributed by atoms with Crippen LogP contribution in [0.5, 0.6) is 5.75 Å². The number of halogens is 1. The van der Waals surface area contributed by atoms with Gasteiger partial charge in [0.1, 0.15) is 17.7 Å². The van der Waals surface area contributed by atoms with Crippen molar-refractivity contribution in [3.8, 4) is 5.75 Å². The molecule has 0 N–H and O–H groups in total. The number of benzene rings is 1. The number of anilines is 1. The second kappa shape index (κ2) is 6.08. The van der Waals surface area contributed by atoms with Crippen molar-refractivity contribution in [2.24, 2.45) is 0 Å². The molecule has 102 valence electrons. The molecule has 0 radical (unpaired) electrons. The summed E-state index contributed by atoms with van der Waals surface area (Å²) < 4.78 is 10.1. The van der Waals surface area contributed by atoms with Crippen molar-refractivity contribution in [2.45, 2.75) is 6.54 Å². The molecule has 0 saturated heterocycles. The molecule has 0 atom stereocenters. The van der Waals surface area contributed by atoms with Crippen LogP contribution in [-0.4, -0.2) is 7.11 Å². The quantitative estimate of drug-likeness (QED) is 0.640. The Morgan fingerprint density at radius 1 is 1.45 bits per heavy atom. The standard InChI is InChI=1S/C13H11ClN3O3/c1-19-13-8-20-9(6-12(13)18)7-17(16-15)11-5-3-2-4-10(11)14/h2-6,8H,7H2,1H3/q+1. The summed E-state index contributed by atoms with van der Waals surface area (Å²) in [6.45, 7) is 0.0550. The lowest BCUT2D eigenvalue weighted by Crippen LogP contribution is -2.15. The first-order valence-corrected chi connectivity index (χ1v) is 6.06. The van der Waals surface area contributed by atoms with Crippen LogP contribution in [-0.2, 0) is 6.54 Å². The molecule has 0 fully saturated rings. The molecule has 0 bridgehead atoms. The topological polar surface area (TPSA) is 70.8 Å². The minimum Gasteiger partial charge on any atom is -0.490 e. The number of ether oxygens (including phenoxy) is 1. The molecule has 1 aromatic carbocycles. The van der Waals surface area contributed by atoms with Crippen LogP contribution in [0.15, 0.2) is 45.8 Å². The van der Waals surface area contributed by atoms with Gasteiger partial charge < -0.3 is 9.15 Å². The molecule has 0 unspecified atom stereocenters. The Kier molecular flexibility index (Phi) is 4.23. The molecule has 20 heavy (non-hydrogen) atoms. The van der Waals surface area contributed by atoms with E-state index in [1.54, 1.807) is 24.3 Å². The monoisotopic (exact) mass is 292 g/mol. The molecule has 1 heterocycles. The summed E-state index contributed by atoms with van der Waals surface area (Å²) in [6.07, 6.45) is 1.21. The maximum absolute atomic E-state index is 11.6. The molecule has 0 saturated carbocycles. The van der Waals surface area contributed by atoms with Gasteiger partial charge in [-0.05, 0) is 12.1 Å². The summed E-state index contributed by atoms with van der Waals surface area (Å²) >= 11 is 6.02. The van der Waals surface area contributed by atoms with Gasteiger partial charge in [-0.1, -0.05) is 23.7 Å². The smallest absolute Gasteiger partial charge is 0.311 e. The third-order valence-electron chi connectivity index (χ3n) is 2.62. The SMILES string of the molecule is COc1coc(CN([N+]#N)c2ccccc2Cl)cc1=O. The van der Waals surface area contributed by atoms with Gasteiger partial charge in [0.2, 0.25) is 11.2 Å². The summed E-state index contributed by atoms with van der Waals surface area (Å²) in [6, 6.07) is 8.13. The zero-order valence-corrected chi connectivity index (χ0v) is 11.4. The van der Waals surface area contributed by atoms with E-state index >= 15 is 0 Å². The molecule has 0 spiro atoms. The van der Waals surface area contributed by atoms with E-state index in [9.17, 15) is 4.79 Å². The highest BCUT2D eigenvalue weighted by Crippen LogP contribution is 2.26. The van der Waals surface area contributed by atoms with Crippen LogP contribution in [0.1, 0.15) is 5.76 Å². The van der Waals surface area contributed by atoms with E-state index < -0.39 is 0 Å². The molecule has 6 nitrogen and oxygen atoms in total. The Hall–Kier alpha value is -2.52. The fraction of sp³-hybridized carbons (Fsp3) is 0.154. The van der Waals surface area contributed by atoms with E-state index in [4.69, 9.17) is 26.1 Å². The van der Waals surface area contributed by atoms with Gasteiger partial charge >= 0.3 is 5.08 Å². The number of hydrogen-bond acceptors (Lipinski definition) is 5. The van der Waals surface area contributed by atoms with Gasteiger partial charge in [0.15, 0.2) is 6.54 Å². The van der Waals surface area contributed by atoms with E-state index in [1.165, 1.54) is 24.4 Å². The molecule has 0 amide bonds. The zero-order valence-electron chi connectivity index (χ0n) is 10.6. The zero-order chi connectivity index (χ0) is 14.5. The van der Waals surface area contributed by atoms with Crippen LogP contribution in [0.25, 0.3) is 5.08 Å². The van der Waals surface area contributed by atoms with Gasteiger partial charge in [-0.25, -0.2) is 0 Å². The molecule has 2 rings (SSSR count). The van der Waals surface area contributed by atoms with Crippen molar-refractivity contribution >= 4 is 17.3 Å². The lowest BCUT2D eigenvalue weighted by atomic mass is 10.3. The second-order valence-corrected chi connectivity index (χ2v) is 4.28. The van der Waals surface area contributed by atoms with E-state index in [0.29, 0.717) is 16.5 Å². The predicted molar refractivity (Wildman–Crippen MR) is 74.2 cm³/mol. The number of methoxy groups -OCH3 is 1. The highest BCUT2D eigenvalue weighted by Gasteiger charge is 2.22. The van der Waals surface area contributed by atoms with E-state index in [-0.39, 0.29) is 17.7 Å². The van der Waals surface area contributed by atoms with Gasteiger partial charge in [-0.15, -0.1) is 0 Å². The second-order valence-electron chi connectivity index (χ2n) is 3.88. The largest absolute Gasteiger partial charge is 0.490 e. The Bertz CT molecular complexity index is 708. The Balaban J connectivity index is 2.28. The minimum absolute atomic E-state index is 0.0550. The van der Waals surface area contributed by atoms with E-state index in [1.807, 2.05) is 0 Å². The first-order valence-electron chi connectivity index (χ1n) is 5.68. The van der Waals surface area contributed by atoms with Crippen LogP contribution >= 0.6 is 11.6 Å². The average molecular weight is 293 g/mol. The van der Waals surface area contributed by atoms with Crippen LogP contribution in [0.3, 0.4) is 0 Å². The maximum Gasteiger partial charge on any atom is 0.311 e. The van der Waals surface area contributed by atoms with Crippen LogP contribution in [0.2, 0.25) is 5.02 Å². The summed E-state index contributed by atoms with van der Waals surface area (Å²) in [7, 11) is 1.38. The number of diazo groups is 1. The summed E-state index contributed by atoms with van der Waals surface area (Å²) in [5.41, 5.74) is 0.181. The number of nitrogens with zero attached hydrogens (tertiary/aromatic N) is 3. The third-order valence-corrected chi connectivity index (χ3v) is 2.94. The van der Waals surface area contributed by atoms with Crippen LogP contribution in [0.4, 0.5) is 5.69 Å². The van der Waals surface area contributed by atoms with Gasteiger partial charge in [-0.2, -0.15) is 0 Å². The maximum atomic E-state index is 11.6. The molecular weight excluding hydrogens is 282 g/mol. The van der Waals surface area contributed by atoms with Crippen molar-refractivity contribution < 1.29 is 9.15 Å². The third kappa shape index (κ3) is 2.90. The molecule has 7 heteroatoms. The lowest BCUT2D eigenvalue weighted by molar-refractivity contribution is 0.378. The van der Waals surface area contributed by atoms with Gasteiger partial charge in [-0.3, -0.25) is 4.79 Å². The van der Waals surface area contributed by atoms with Crippen LogP contribution < -0.4 is 15.2 Å². The molecule has 0 aliphatic heterocycles. The van der Waals surface area contributed by atoms with Gasteiger partial charge in [0.05, 0.1) is 12.1 Å². The van der Waals surface area contributed by atoms with Crippen LogP contribution in [0, 0.1) is 5.39 Å². The summed E-state index contributed by atoms with van der Waals surface area (Å²) in [5.74, 6) is 0.424. The van der Waals surface area contributed by atoms with Gasteiger partial charge in [0, 0.05) is 11.1 Å². The van der Waals surface area contributed by atoms with E-state index in [2.05, 4.69) is 5.08 Å². The van der Waals surface area contributed by atoms with Crippen molar-refractivity contribution in [3.63, 3.8) is 0 Å². The minimum atomic E-state index is -0.314.